The highest BCUT2D eigenvalue weighted by Gasteiger charge is 2.32. The number of hydrogen-bond donors (Lipinski definition) is 1. The van der Waals surface area contributed by atoms with Gasteiger partial charge in [-0.3, -0.25) is 9.10 Å². The lowest BCUT2D eigenvalue weighted by Gasteiger charge is -2.33. The molecule has 1 fully saturated rings. The molecule has 1 amide bonds. The number of carbonyl (C=O) groups excluding carboxylic acids is 1. The maximum Gasteiger partial charge on any atom is 0.243 e. The van der Waals surface area contributed by atoms with Crippen molar-refractivity contribution < 1.29 is 17.9 Å². The largest absolute Gasteiger partial charge is 0.495 e. The van der Waals surface area contributed by atoms with E-state index in [9.17, 15) is 13.2 Å². The predicted octanol–water partition coefficient (Wildman–Crippen LogP) is 1.37. The van der Waals surface area contributed by atoms with Crippen molar-refractivity contribution in [2.24, 2.45) is 0 Å². The van der Waals surface area contributed by atoms with Crippen LogP contribution in [0, 0.1) is 6.92 Å². The molecule has 7 nitrogen and oxygen atoms in total. The van der Waals surface area contributed by atoms with Gasteiger partial charge in [-0.05, 0) is 64.5 Å². The van der Waals surface area contributed by atoms with Crippen LogP contribution in [0.2, 0.25) is 0 Å². The number of piperidine rings is 1. The summed E-state index contributed by atoms with van der Waals surface area (Å²) in [4.78, 5) is 15.0. The minimum Gasteiger partial charge on any atom is -0.495 e. The average molecular weight is 384 g/mol. The Labute approximate surface area is 156 Å². The first-order valence-electron chi connectivity index (χ1n) is 8.76. The summed E-state index contributed by atoms with van der Waals surface area (Å²) in [5.74, 6) is 0.119. The Morgan fingerprint density at radius 3 is 2.50 bits per heavy atom. The van der Waals surface area contributed by atoms with E-state index in [4.69, 9.17) is 4.74 Å². The molecule has 1 aliphatic heterocycles. The third-order valence-corrected chi connectivity index (χ3v) is 5.95. The van der Waals surface area contributed by atoms with Crippen LogP contribution in [0.25, 0.3) is 0 Å². The summed E-state index contributed by atoms with van der Waals surface area (Å²) < 4.78 is 31.4. The fraction of sp³-hybridized carbons (Fsp3) is 0.611. The quantitative estimate of drug-likeness (QED) is 0.803. The second-order valence-corrected chi connectivity index (χ2v) is 8.86. The van der Waals surface area contributed by atoms with E-state index in [0.29, 0.717) is 11.4 Å². The molecule has 1 heterocycles. The van der Waals surface area contributed by atoms with Crippen LogP contribution in [0.1, 0.15) is 25.3 Å². The van der Waals surface area contributed by atoms with Crippen molar-refractivity contribution in [1.82, 2.24) is 10.2 Å². The van der Waals surface area contributed by atoms with Crippen molar-refractivity contribution in [3.05, 3.63) is 23.8 Å². The molecule has 0 aliphatic carbocycles. The molecule has 1 aromatic carbocycles. The predicted molar refractivity (Wildman–Crippen MR) is 103 cm³/mol. The van der Waals surface area contributed by atoms with Crippen LogP contribution in [0.3, 0.4) is 0 Å². The zero-order chi connectivity index (χ0) is 19.5. The smallest absolute Gasteiger partial charge is 0.243 e. The average Bonchev–Trinajstić information content (AvgIpc) is 2.56. The molecule has 1 atom stereocenters. The number of anilines is 1. The first-order valence-corrected chi connectivity index (χ1v) is 10.6. The van der Waals surface area contributed by atoms with Gasteiger partial charge in [0.25, 0.3) is 0 Å². The highest BCUT2D eigenvalue weighted by Crippen LogP contribution is 2.32. The van der Waals surface area contributed by atoms with Crippen LogP contribution in [-0.4, -0.2) is 64.8 Å². The Balaban J connectivity index is 2.27. The summed E-state index contributed by atoms with van der Waals surface area (Å²) in [6.07, 6.45) is 2.83. The van der Waals surface area contributed by atoms with Gasteiger partial charge in [0.15, 0.2) is 0 Å². The van der Waals surface area contributed by atoms with Gasteiger partial charge in [-0.15, -0.1) is 0 Å². The van der Waals surface area contributed by atoms with Gasteiger partial charge in [0.1, 0.15) is 11.8 Å². The van der Waals surface area contributed by atoms with Crippen LogP contribution in [0.5, 0.6) is 5.75 Å². The molecule has 1 aromatic rings. The van der Waals surface area contributed by atoms with E-state index in [0.717, 1.165) is 42.1 Å². The summed E-state index contributed by atoms with van der Waals surface area (Å²) in [5.41, 5.74) is 1.26. The molecule has 2 rings (SSSR count). The van der Waals surface area contributed by atoms with Crippen molar-refractivity contribution >= 4 is 21.6 Å². The van der Waals surface area contributed by atoms with Crippen molar-refractivity contribution in [1.29, 1.82) is 0 Å². The molecule has 1 saturated heterocycles. The number of methoxy groups -OCH3 is 1. The Morgan fingerprint density at radius 2 is 1.96 bits per heavy atom. The molecule has 0 bridgehead atoms. The van der Waals surface area contributed by atoms with Crippen LogP contribution >= 0.6 is 0 Å². The minimum absolute atomic E-state index is 0.0713. The summed E-state index contributed by atoms with van der Waals surface area (Å²) in [5, 5.41) is 3.00. The maximum atomic E-state index is 12.8. The molecule has 26 heavy (non-hydrogen) atoms. The number of amides is 1. The Bertz CT molecular complexity index is 743. The number of sulfonamides is 1. The van der Waals surface area contributed by atoms with Crippen LogP contribution in [0.4, 0.5) is 5.69 Å². The van der Waals surface area contributed by atoms with Gasteiger partial charge in [0.05, 0.1) is 19.1 Å². The SMILES string of the molecule is COc1ccc(C)cc1N([C@H](C)C(=O)NC1CCN(C)CC1)S(C)(=O)=O. The van der Waals surface area contributed by atoms with Crippen LogP contribution in [0.15, 0.2) is 18.2 Å². The van der Waals surface area contributed by atoms with E-state index >= 15 is 0 Å². The number of carbonyl (C=O) groups is 1. The number of nitrogens with zero attached hydrogens (tertiary/aromatic N) is 2. The molecule has 1 N–H and O–H groups in total. The first-order chi connectivity index (χ1) is 12.1. The molecule has 0 spiro atoms. The number of ether oxygens (including phenoxy) is 1. The van der Waals surface area contributed by atoms with E-state index < -0.39 is 16.1 Å². The third-order valence-electron chi connectivity index (χ3n) is 4.73. The number of aryl methyl sites for hydroxylation is 1. The highest BCUT2D eigenvalue weighted by atomic mass is 32.2. The van der Waals surface area contributed by atoms with E-state index in [1.807, 2.05) is 13.0 Å². The number of rotatable bonds is 6. The lowest BCUT2D eigenvalue weighted by Crippen LogP contribution is -2.52. The number of nitrogens with one attached hydrogen (secondary N) is 1. The van der Waals surface area contributed by atoms with Gasteiger partial charge in [-0.2, -0.15) is 0 Å². The molecule has 8 heteroatoms. The van der Waals surface area contributed by atoms with E-state index in [1.165, 1.54) is 7.11 Å². The van der Waals surface area contributed by atoms with Crippen molar-refractivity contribution in [3.63, 3.8) is 0 Å². The van der Waals surface area contributed by atoms with Crippen LogP contribution < -0.4 is 14.4 Å². The van der Waals surface area contributed by atoms with Crippen molar-refractivity contribution in [2.45, 2.75) is 38.8 Å². The summed E-state index contributed by atoms with van der Waals surface area (Å²) in [7, 11) is -0.141. The fourth-order valence-electron chi connectivity index (χ4n) is 3.23. The lowest BCUT2D eigenvalue weighted by atomic mass is 10.1. The molecule has 0 aromatic heterocycles. The fourth-order valence-corrected chi connectivity index (χ4v) is 4.40. The summed E-state index contributed by atoms with van der Waals surface area (Å²) >= 11 is 0. The van der Waals surface area contributed by atoms with E-state index in [1.54, 1.807) is 19.1 Å². The second kappa shape index (κ2) is 8.26. The molecule has 1 aliphatic rings. The van der Waals surface area contributed by atoms with E-state index in [2.05, 4.69) is 17.3 Å². The molecule has 146 valence electrons. The maximum absolute atomic E-state index is 12.8. The van der Waals surface area contributed by atoms with Gasteiger partial charge in [0, 0.05) is 6.04 Å². The van der Waals surface area contributed by atoms with Gasteiger partial charge in [-0.1, -0.05) is 6.07 Å². The number of likely N-dealkylation sites (tertiary alicyclic amines) is 1. The summed E-state index contributed by atoms with van der Waals surface area (Å²) in [6, 6.07) is 4.47. The molecule has 0 saturated carbocycles. The van der Waals surface area contributed by atoms with Gasteiger partial charge in [0.2, 0.25) is 15.9 Å². The lowest BCUT2D eigenvalue weighted by molar-refractivity contribution is -0.122. The van der Waals surface area contributed by atoms with Crippen LogP contribution in [-0.2, 0) is 14.8 Å². The zero-order valence-electron chi connectivity index (χ0n) is 16.2. The topological polar surface area (TPSA) is 79.0 Å². The number of hydrogen-bond acceptors (Lipinski definition) is 5. The summed E-state index contributed by atoms with van der Waals surface area (Å²) in [6.45, 7) is 5.31. The minimum atomic E-state index is -3.68. The van der Waals surface area contributed by atoms with E-state index in [-0.39, 0.29) is 11.9 Å². The number of benzene rings is 1. The Morgan fingerprint density at radius 1 is 1.35 bits per heavy atom. The molecular weight excluding hydrogens is 354 g/mol. The monoisotopic (exact) mass is 383 g/mol. The Kier molecular flexibility index (Phi) is 6.52. The Hall–Kier alpha value is -1.80. The molecule has 0 unspecified atom stereocenters. The van der Waals surface area contributed by atoms with Gasteiger partial charge >= 0.3 is 0 Å². The molecular formula is C18H29N3O4S. The van der Waals surface area contributed by atoms with Crippen molar-refractivity contribution in [2.75, 3.05) is 37.8 Å². The normalized spacial score (nSPS) is 17.6. The highest BCUT2D eigenvalue weighted by molar-refractivity contribution is 7.92. The first kappa shape index (κ1) is 20.5. The van der Waals surface area contributed by atoms with Gasteiger partial charge < -0.3 is 15.0 Å². The zero-order valence-corrected chi connectivity index (χ0v) is 17.0. The third kappa shape index (κ3) is 4.88. The second-order valence-electron chi connectivity index (χ2n) is 7.00. The van der Waals surface area contributed by atoms with Crippen molar-refractivity contribution in [3.8, 4) is 5.75 Å². The van der Waals surface area contributed by atoms with Gasteiger partial charge in [-0.25, -0.2) is 8.42 Å². The standard InChI is InChI=1S/C18H29N3O4S/c1-13-6-7-17(25-4)16(12-13)21(26(5,23)24)14(2)18(22)19-15-8-10-20(3)11-9-15/h6-7,12,14-15H,8-11H2,1-5H3,(H,19,22)/t14-/m1/s1. The molecule has 0 radical (unpaired) electrons.